The van der Waals surface area contributed by atoms with Gasteiger partial charge in [-0.15, -0.1) is 0 Å². The molecule has 126 valence electrons. The van der Waals surface area contributed by atoms with Crippen molar-refractivity contribution in [2.24, 2.45) is 0 Å². The Hall–Kier alpha value is -2.35. The number of aromatic nitrogens is 2. The van der Waals surface area contributed by atoms with Crippen molar-refractivity contribution < 1.29 is 14.0 Å². The fourth-order valence-electron chi connectivity index (χ4n) is 2.41. The molecule has 2 aromatic heterocycles. The lowest BCUT2D eigenvalue weighted by atomic mass is 10.2. The van der Waals surface area contributed by atoms with Crippen LogP contribution in [0.4, 0.5) is 0 Å². The Labute approximate surface area is 143 Å². The molecular formula is C16H18N4O3S. The molecule has 3 heterocycles. The van der Waals surface area contributed by atoms with E-state index in [1.165, 1.54) is 11.8 Å². The van der Waals surface area contributed by atoms with E-state index in [1.54, 1.807) is 35.5 Å². The SMILES string of the molecule is C[C@H]1CNC(=O)CCN1C(=O)c1ccc(CSc2ncccn2)o1. The van der Waals surface area contributed by atoms with Gasteiger partial charge in [-0.25, -0.2) is 9.97 Å². The minimum Gasteiger partial charge on any atom is -0.455 e. The molecule has 3 rings (SSSR count). The second-order valence-electron chi connectivity index (χ2n) is 5.49. The van der Waals surface area contributed by atoms with Gasteiger partial charge in [-0.05, 0) is 25.1 Å². The number of furan rings is 1. The van der Waals surface area contributed by atoms with Crippen molar-refractivity contribution in [1.29, 1.82) is 0 Å². The molecule has 2 aromatic rings. The molecule has 1 atom stereocenters. The zero-order valence-electron chi connectivity index (χ0n) is 13.3. The summed E-state index contributed by atoms with van der Waals surface area (Å²) >= 11 is 1.44. The number of rotatable bonds is 4. The summed E-state index contributed by atoms with van der Waals surface area (Å²) in [4.78, 5) is 34.0. The fraction of sp³-hybridized carbons (Fsp3) is 0.375. The van der Waals surface area contributed by atoms with E-state index in [4.69, 9.17) is 4.42 Å². The monoisotopic (exact) mass is 346 g/mol. The van der Waals surface area contributed by atoms with Gasteiger partial charge in [0.2, 0.25) is 5.91 Å². The molecular weight excluding hydrogens is 328 g/mol. The fourth-order valence-corrected chi connectivity index (χ4v) is 3.11. The number of amides is 2. The molecule has 7 nitrogen and oxygen atoms in total. The predicted molar refractivity (Wildman–Crippen MR) is 88.4 cm³/mol. The molecule has 0 bridgehead atoms. The molecule has 1 N–H and O–H groups in total. The first-order chi connectivity index (χ1) is 11.6. The molecule has 0 spiro atoms. The van der Waals surface area contributed by atoms with Crippen LogP contribution in [0.3, 0.4) is 0 Å². The molecule has 0 saturated carbocycles. The van der Waals surface area contributed by atoms with Gasteiger partial charge >= 0.3 is 0 Å². The second-order valence-corrected chi connectivity index (χ2v) is 6.43. The number of thioether (sulfide) groups is 1. The van der Waals surface area contributed by atoms with Crippen LogP contribution in [0, 0.1) is 0 Å². The Kier molecular flexibility index (Phi) is 5.14. The zero-order valence-corrected chi connectivity index (χ0v) is 14.1. The van der Waals surface area contributed by atoms with E-state index < -0.39 is 0 Å². The maximum atomic E-state index is 12.6. The summed E-state index contributed by atoms with van der Waals surface area (Å²) < 4.78 is 5.66. The minimum absolute atomic E-state index is 0.0310. The Morgan fingerprint density at radius 1 is 1.42 bits per heavy atom. The van der Waals surface area contributed by atoms with E-state index in [9.17, 15) is 9.59 Å². The molecule has 0 aromatic carbocycles. The minimum atomic E-state index is -0.189. The molecule has 1 fully saturated rings. The smallest absolute Gasteiger partial charge is 0.289 e. The second kappa shape index (κ2) is 7.48. The van der Waals surface area contributed by atoms with Gasteiger partial charge in [0.05, 0.1) is 5.75 Å². The number of hydrogen-bond acceptors (Lipinski definition) is 6. The van der Waals surface area contributed by atoms with Crippen LogP contribution < -0.4 is 5.32 Å². The highest BCUT2D eigenvalue weighted by Crippen LogP contribution is 2.21. The summed E-state index contributed by atoms with van der Waals surface area (Å²) in [7, 11) is 0. The molecule has 1 aliphatic heterocycles. The topological polar surface area (TPSA) is 88.3 Å². The van der Waals surface area contributed by atoms with Gasteiger partial charge in [0.25, 0.3) is 5.91 Å². The summed E-state index contributed by atoms with van der Waals surface area (Å²) in [5.41, 5.74) is 0. The maximum absolute atomic E-state index is 12.6. The first kappa shape index (κ1) is 16.5. The summed E-state index contributed by atoms with van der Waals surface area (Å²) in [6.45, 7) is 2.77. The third kappa shape index (κ3) is 3.94. The first-order valence-corrected chi connectivity index (χ1v) is 8.68. The Bertz CT molecular complexity index is 719. The van der Waals surface area contributed by atoms with E-state index in [-0.39, 0.29) is 17.9 Å². The van der Waals surface area contributed by atoms with Crippen LogP contribution in [0.5, 0.6) is 0 Å². The molecule has 2 amide bonds. The highest BCUT2D eigenvalue weighted by molar-refractivity contribution is 7.98. The summed E-state index contributed by atoms with van der Waals surface area (Å²) in [6.07, 6.45) is 3.68. The molecule has 1 saturated heterocycles. The molecule has 0 aliphatic carbocycles. The van der Waals surface area contributed by atoms with E-state index in [0.29, 0.717) is 41.9 Å². The van der Waals surface area contributed by atoms with Crippen LogP contribution in [0.2, 0.25) is 0 Å². The average molecular weight is 346 g/mol. The molecule has 0 unspecified atom stereocenters. The zero-order chi connectivity index (χ0) is 16.9. The molecule has 1 aliphatic rings. The van der Waals surface area contributed by atoms with Crippen LogP contribution in [-0.4, -0.2) is 45.8 Å². The third-order valence-corrected chi connectivity index (χ3v) is 4.62. The Balaban J connectivity index is 1.63. The van der Waals surface area contributed by atoms with Crippen LogP contribution >= 0.6 is 11.8 Å². The van der Waals surface area contributed by atoms with Crippen molar-refractivity contribution in [1.82, 2.24) is 20.2 Å². The highest BCUT2D eigenvalue weighted by Gasteiger charge is 2.27. The van der Waals surface area contributed by atoms with Gasteiger partial charge in [0.1, 0.15) is 5.76 Å². The number of nitrogens with one attached hydrogen (secondary N) is 1. The van der Waals surface area contributed by atoms with Crippen molar-refractivity contribution >= 4 is 23.6 Å². The lowest BCUT2D eigenvalue weighted by Crippen LogP contribution is -2.41. The van der Waals surface area contributed by atoms with E-state index >= 15 is 0 Å². The van der Waals surface area contributed by atoms with Crippen LogP contribution in [-0.2, 0) is 10.5 Å². The lowest BCUT2D eigenvalue weighted by Gasteiger charge is -2.25. The normalized spacial score (nSPS) is 18.1. The number of nitrogens with zero attached hydrogens (tertiary/aromatic N) is 3. The van der Waals surface area contributed by atoms with Gasteiger partial charge in [-0.1, -0.05) is 11.8 Å². The number of hydrogen-bond donors (Lipinski definition) is 1. The Morgan fingerprint density at radius 2 is 2.21 bits per heavy atom. The van der Waals surface area contributed by atoms with E-state index in [1.807, 2.05) is 6.92 Å². The lowest BCUT2D eigenvalue weighted by molar-refractivity contribution is -0.120. The highest BCUT2D eigenvalue weighted by atomic mass is 32.2. The molecule has 0 radical (unpaired) electrons. The summed E-state index contributed by atoms with van der Waals surface area (Å²) in [6, 6.07) is 5.16. The van der Waals surface area contributed by atoms with Crippen molar-refractivity contribution in [2.45, 2.75) is 30.3 Å². The van der Waals surface area contributed by atoms with Crippen LogP contribution in [0.15, 0.2) is 40.2 Å². The average Bonchev–Trinajstić information content (AvgIpc) is 3.01. The number of carbonyl (C=O) groups excluding carboxylic acids is 2. The Morgan fingerprint density at radius 3 is 3.00 bits per heavy atom. The van der Waals surface area contributed by atoms with Crippen LogP contribution in [0.25, 0.3) is 0 Å². The van der Waals surface area contributed by atoms with Gasteiger partial charge in [-0.3, -0.25) is 9.59 Å². The van der Waals surface area contributed by atoms with Gasteiger partial charge in [-0.2, -0.15) is 0 Å². The largest absolute Gasteiger partial charge is 0.455 e. The maximum Gasteiger partial charge on any atom is 0.289 e. The van der Waals surface area contributed by atoms with Crippen molar-refractivity contribution in [2.75, 3.05) is 13.1 Å². The van der Waals surface area contributed by atoms with Gasteiger partial charge in [0, 0.05) is 37.9 Å². The number of carbonyl (C=O) groups is 2. The van der Waals surface area contributed by atoms with Crippen molar-refractivity contribution in [3.63, 3.8) is 0 Å². The predicted octanol–water partition coefficient (Wildman–Crippen LogP) is 1.71. The summed E-state index contributed by atoms with van der Waals surface area (Å²) in [5, 5.41) is 3.45. The van der Waals surface area contributed by atoms with Crippen LogP contribution in [0.1, 0.15) is 29.7 Å². The molecule has 24 heavy (non-hydrogen) atoms. The van der Waals surface area contributed by atoms with Gasteiger partial charge in [0.15, 0.2) is 10.9 Å². The van der Waals surface area contributed by atoms with E-state index in [2.05, 4.69) is 15.3 Å². The quantitative estimate of drug-likeness (QED) is 0.670. The summed E-state index contributed by atoms with van der Waals surface area (Å²) in [5.74, 6) is 1.31. The van der Waals surface area contributed by atoms with E-state index in [0.717, 1.165) is 0 Å². The first-order valence-electron chi connectivity index (χ1n) is 7.69. The molecule has 8 heteroatoms. The standard InChI is InChI=1S/C16H18N4O3S/c1-11-9-19-14(21)5-8-20(11)15(22)13-4-3-12(23-13)10-24-16-17-6-2-7-18-16/h2-4,6-7,11H,5,8-10H2,1H3,(H,19,21)/t11-/m0/s1. The van der Waals surface area contributed by atoms with Crippen molar-refractivity contribution in [3.05, 3.63) is 42.1 Å². The third-order valence-electron chi connectivity index (χ3n) is 3.73. The van der Waals surface area contributed by atoms with Gasteiger partial charge < -0.3 is 14.6 Å². The van der Waals surface area contributed by atoms with Crippen molar-refractivity contribution in [3.8, 4) is 0 Å².